The monoisotopic (exact) mass is 338 g/mol. The van der Waals surface area contributed by atoms with Crippen LogP contribution in [0.5, 0.6) is 11.5 Å². The van der Waals surface area contributed by atoms with E-state index in [1.54, 1.807) is 12.4 Å². The van der Waals surface area contributed by atoms with Gasteiger partial charge >= 0.3 is 0 Å². The second-order valence-corrected chi connectivity index (χ2v) is 5.81. The highest BCUT2D eigenvalue weighted by atomic mass is 16.5. The average Bonchev–Trinajstić information content (AvgIpc) is 3.09. The van der Waals surface area contributed by atoms with E-state index in [0.29, 0.717) is 5.75 Å². The van der Waals surface area contributed by atoms with Crippen molar-refractivity contribution in [3.63, 3.8) is 0 Å². The van der Waals surface area contributed by atoms with Gasteiger partial charge in [0.1, 0.15) is 12.1 Å². The molecule has 7 heteroatoms. The molecule has 7 nitrogen and oxygen atoms in total. The molecule has 2 N–H and O–H groups in total. The standard InChI is InChI=1S/C18H22N6O/c1-19-7-8-24(2)12-15-9-22-23-18(15)14-3-5-16(6-4-14)25-17-10-20-13-21-11-17/h3-6,9-11,13,19H,7-8,12H2,1-2H3,(H,22,23). The summed E-state index contributed by atoms with van der Waals surface area (Å²) in [7, 11) is 4.06. The SMILES string of the molecule is CNCCN(C)Cc1cn[nH]c1-c1ccc(Oc2cncnc2)cc1. The number of hydrogen-bond acceptors (Lipinski definition) is 6. The molecular weight excluding hydrogens is 316 g/mol. The Morgan fingerprint density at radius 1 is 1.08 bits per heavy atom. The summed E-state index contributed by atoms with van der Waals surface area (Å²) in [5.74, 6) is 1.36. The van der Waals surface area contributed by atoms with Crippen molar-refractivity contribution in [1.29, 1.82) is 0 Å². The van der Waals surface area contributed by atoms with E-state index in [0.717, 1.165) is 36.6 Å². The lowest BCUT2D eigenvalue weighted by molar-refractivity contribution is 0.328. The molecule has 3 rings (SSSR count). The van der Waals surface area contributed by atoms with Crippen molar-refractivity contribution in [3.8, 4) is 22.8 Å². The molecule has 25 heavy (non-hydrogen) atoms. The predicted octanol–water partition coefficient (Wildman–Crippen LogP) is 2.31. The van der Waals surface area contributed by atoms with Crippen molar-refractivity contribution in [2.24, 2.45) is 0 Å². The Morgan fingerprint density at radius 2 is 1.84 bits per heavy atom. The summed E-state index contributed by atoms with van der Waals surface area (Å²) in [5.41, 5.74) is 3.28. The molecule has 0 spiro atoms. The maximum Gasteiger partial charge on any atom is 0.163 e. The predicted molar refractivity (Wildman–Crippen MR) is 96.4 cm³/mol. The van der Waals surface area contributed by atoms with E-state index in [1.165, 1.54) is 11.9 Å². The van der Waals surface area contributed by atoms with Gasteiger partial charge in [0.2, 0.25) is 0 Å². The molecule has 130 valence electrons. The van der Waals surface area contributed by atoms with Crippen molar-refractivity contribution in [1.82, 2.24) is 30.4 Å². The van der Waals surface area contributed by atoms with Crippen molar-refractivity contribution in [3.05, 3.63) is 54.7 Å². The minimum absolute atomic E-state index is 0.614. The van der Waals surface area contributed by atoms with Crippen LogP contribution in [0.3, 0.4) is 0 Å². The fraction of sp³-hybridized carbons (Fsp3) is 0.278. The molecule has 0 saturated carbocycles. The summed E-state index contributed by atoms with van der Waals surface area (Å²) >= 11 is 0. The number of nitrogens with zero attached hydrogens (tertiary/aromatic N) is 4. The first kappa shape index (κ1) is 17.1. The zero-order valence-corrected chi connectivity index (χ0v) is 14.4. The van der Waals surface area contributed by atoms with Crippen LogP contribution in [-0.4, -0.2) is 52.3 Å². The second kappa shape index (κ2) is 8.36. The summed E-state index contributed by atoms with van der Waals surface area (Å²) in [6.45, 7) is 2.78. The Balaban J connectivity index is 1.69. The third-order valence-corrected chi connectivity index (χ3v) is 3.82. The fourth-order valence-corrected chi connectivity index (χ4v) is 2.52. The highest BCUT2D eigenvalue weighted by Gasteiger charge is 2.10. The molecule has 0 bridgehead atoms. The Bertz CT molecular complexity index is 772. The second-order valence-electron chi connectivity index (χ2n) is 5.81. The van der Waals surface area contributed by atoms with Crippen molar-refractivity contribution in [2.75, 3.05) is 27.2 Å². The minimum atomic E-state index is 0.614. The van der Waals surface area contributed by atoms with Gasteiger partial charge in [-0.1, -0.05) is 0 Å². The van der Waals surface area contributed by atoms with Gasteiger partial charge in [0.05, 0.1) is 24.3 Å². The van der Waals surface area contributed by atoms with Crippen LogP contribution < -0.4 is 10.1 Å². The van der Waals surface area contributed by atoms with Gasteiger partial charge in [0.25, 0.3) is 0 Å². The van der Waals surface area contributed by atoms with Gasteiger partial charge in [0.15, 0.2) is 5.75 Å². The summed E-state index contributed by atoms with van der Waals surface area (Å²) in [6.07, 6.45) is 6.63. The molecule has 0 saturated heterocycles. The first-order valence-corrected chi connectivity index (χ1v) is 8.15. The molecule has 1 aromatic carbocycles. The third kappa shape index (κ3) is 4.62. The molecule has 3 aromatic rings. The van der Waals surface area contributed by atoms with Crippen molar-refractivity contribution >= 4 is 0 Å². The van der Waals surface area contributed by atoms with E-state index in [4.69, 9.17) is 4.74 Å². The first-order valence-electron chi connectivity index (χ1n) is 8.15. The summed E-state index contributed by atoms with van der Waals surface area (Å²) < 4.78 is 5.72. The minimum Gasteiger partial charge on any atom is -0.454 e. The zero-order chi connectivity index (χ0) is 17.5. The number of H-pyrrole nitrogens is 1. The topological polar surface area (TPSA) is 79.0 Å². The molecule has 0 unspecified atom stereocenters. The Hall–Kier alpha value is -2.77. The quantitative estimate of drug-likeness (QED) is 0.656. The molecule has 0 radical (unpaired) electrons. The highest BCUT2D eigenvalue weighted by Crippen LogP contribution is 2.26. The van der Waals surface area contributed by atoms with Crippen LogP contribution in [0.1, 0.15) is 5.56 Å². The lowest BCUT2D eigenvalue weighted by Crippen LogP contribution is -2.26. The zero-order valence-electron chi connectivity index (χ0n) is 14.4. The average molecular weight is 338 g/mol. The lowest BCUT2D eigenvalue weighted by Gasteiger charge is -2.16. The maximum absolute atomic E-state index is 5.72. The Kier molecular flexibility index (Phi) is 5.71. The number of aromatic nitrogens is 4. The molecule has 2 heterocycles. The van der Waals surface area contributed by atoms with E-state index in [-0.39, 0.29) is 0 Å². The van der Waals surface area contributed by atoms with Gasteiger partial charge < -0.3 is 15.0 Å². The molecule has 0 amide bonds. The van der Waals surface area contributed by atoms with Crippen molar-refractivity contribution in [2.45, 2.75) is 6.54 Å². The molecule has 0 aliphatic heterocycles. The van der Waals surface area contributed by atoms with Crippen molar-refractivity contribution < 1.29 is 4.74 Å². The van der Waals surface area contributed by atoms with E-state index < -0.39 is 0 Å². The van der Waals surface area contributed by atoms with Crippen LogP contribution in [0.2, 0.25) is 0 Å². The number of benzene rings is 1. The number of nitrogens with one attached hydrogen (secondary N) is 2. The normalized spacial score (nSPS) is 11.0. The van der Waals surface area contributed by atoms with Crippen LogP contribution in [0.4, 0.5) is 0 Å². The number of likely N-dealkylation sites (N-methyl/N-ethyl adjacent to an activating group) is 2. The summed E-state index contributed by atoms with van der Waals surface area (Å²) in [6, 6.07) is 7.89. The molecular formula is C18H22N6O. The van der Waals surface area contributed by atoms with Gasteiger partial charge in [-0.05, 0) is 38.4 Å². The largest absolute Gasteiger partial charge is 0.454 e. The summed E-state index contributed by atoms with van der Waals surface area (Å²) in [5, 5.41) is 10.5. The van der Waals surface area contributed by atoms with Crippen LogP contribution >= 0.6 is 0 Å². The molecule has 0 fully saturated rings. The third-order valence-electron chi connectivity index (χ3n) is 3.82. The molecule has 0 atom stereocenters. The Labute approximate surface area is 147 Å². The van der Waals surface area contributed by atoms with Gasteiger partial charge in [-0.2, -0.15) is 5.10 Å². The molecule has 0 aliphatic rings. The first-order chi connectivity index (χ1) is 12.3. The van der Waals surface area contributed by atoms with Crippen LogP contribution in [0, 0.1) is 0 Å². The molecule has 2 aromatic heterocycles. The van der Waals surface area contributed by atoms with Gasteiger partial charge in [0, 0.05) is 30.8 Å². The Morgan fingerprint density at radius 3 is 2.56 bits per heavy atom. The molecule has 0 aliphatic carbocycles. The number of aromatic amines is 1. The number of hydrogen-bond donors (Lipinski definition) is 2. The van der Waals surface area contributed by atoms with Crippen LogP contribution in [-0.2, 0) is 6.54 Å². The fourth-order valence-electron chi connectivity index (χ4n) is 2.52. The van der Waals surface area contributed by atoms with E-state index in [2.05, 4.69) is 37.4 Å². The van der Waals surface area contributed by atoms with Gasteiger partial charge in [-0.3, -0.25) is 5.10 Å². The van der Waals surface area contributed by atoms with Crippen LogP contribution in [0.25, 0.3) is 11.3 Å². The van der Waals surface area contributed by atoms with E-state index in [9.17, 15) is 0 Å². The van der Waals surface area contributed by atoms with E-state index >= 15 is 0 Å². The summed E-state index contributed by atoms with van der Waals surface area (Å²) in [4.78, 5) is 10.1. The maximum atomic E-state index is 5.72. The van der Waals surface area contributed by atoms with E-state index in [1.807, 2.05) is 37.5 Å². The van der Waals surface area contributed by atoms with Gasteiger partial charge in [-0.15, -0.1) is 0 Å². The number of ether oxygens (including phenoxy) is 1. The number of rotatable bonds is 8. The van der Waals surface area contributed by atoms with Crippen LogP contribution in [0.15, 0.2) is 49.2 Å². The lowest BCUT2D eigenvalue weighted by atomic mass is 10.1. The highest BCUT2D eigenvalue weighted by molar-refractivity contribution is 5.63. The smallest absolute Gasteiger partial charge is 0.163 e. The van der Waals surface area contributed by atoms with Gasteiger partial charge in [-0.25, -0.2) is 9.97 Å².